The minimum atomic E-state index is -0.227. The van der Waals surface area contributed by atoms with Gasteiger partial charge in [-0.25, -0.2) is 0 Å². The first-order valence-electron chi connectivity index (χ1n) is 4.46. The zero-order chi connectivity index (χ0) is 10.4. The van der Waals surface area contributed by atoms with Crippen molar-refractivity contribution in [2.75, 3.05) is 20.2 Å². The maximum atomic E-state index is 11.1. The number of hydrogen-bond donors (Lipinski definition) is 0. The molecule has 0 atom stereocenters. The van der Waals surface area contributed by atoms with Gasteiger partial charge in [0.1, 0.15) is 0 Å². The number of aromatic nitrogens is 1. The van der Waals surface area contributed by atoms with Gasteiger partial charge in [-0.2, -0.15) is 0 Å². The van der Waals surface area contributed by atoms with Crippen LogP contribution in [0.25, 0.3) is 0 Å². The molecule has 0 amide bonds. The maximum absolute atomic E-state index is 11.1. The number of carbonyl (C=O) groups is 1. The van der Waals surface area contributed by atoms with Crippen LogP contribution in [0.15, 0.2) is 16.8 Å². The molecule has 0 saturated carbocycles. The van der Waals surface area contributed by atoms with E-state index < -0.39 is 0 Å². The fourth-order valence-electron chi connectivity index (χ4n) is 1.07. The van der Waals surface area contributed by atoms with E-state index in [-0.39, 0.29) is 12.5 Å². The van der Waals surface area contributed by atoms with Gasteiger partial charge in [-0.15, -0.1) is 0 Å². The SMILES string of the molecule is CCOC(=O)CN(C)Cc1ccno1. The van der Waals surface area contributed by atoms with Gasteiger partial charge in [0.2, 0.25) is 0 Å². The number of hydrogen-bond acceptors (Lipinski definition) is 5. The standard InChI is InChI=1S/C9H14N2O3/c1-3-13-9(12)7-11(2)6-8-4-5-10-14-8/h4-5H,3,6-7H2,1-2H3. The monoisotopic (exact) mass is 198 g/mol. The van der Waals surface area contributed by atoms with E-state index in [0.29, 0.717) is 13.2 Å². The summed E-state index contributed by atoms with van der Waals surface area (Å²) in [5, 5.41) is 3.57. The number of ether oxygens (including phenoxy) is 1. The Hall–Kier alpha value is -1.36. The Bertz CT molecular complexity index is 272. The maximum Gasteiger partial charge on any atom is 0.320 e. The highest BCUT2D eigenvalue weighted by atomic mass is 16.5. The highest BCUT2D eigenvalue weighted by molar-refractivity contribution is 5.71. The van der Waals surface area contributed by atoms with Crippen molar-refractivity contribution in [3.63, 3.8) is 0 Å². The van der Waals surface area contributed by atoms with Crippen molar-refractivity contribution in [3.05, 3.63) is 18.0 Å². The highest BCUT2D eigenvalue weighted by Crippen LogP contribution is 2.00. The number of esters is 1. The molecule has 0 unspecified atom stereocenters. The molecule has 0 radical (unpaired) electrons. The lowest BCUT2D eigenvalue weighted by Gasteiger charge is -2.12. The molecular formula is C9H14N2O3. The molecule has 0 fully saturated rings. The van der Waals surface area contributed by atoms with Crippen molar-refractivity contribution < 1.29 is 14.1 Å². The van der Waals surface area contributed by atoms with Gasteiger partial charge in [0.15, 0.2) is 5.76 Å². The van der Waals surface area contributed by atoms with Gasteiger partial charge >= 0.3 is 5.97 Å². The van der Waals surface area contributed by atoms with Crippen LogP contribution in [0.2, 0.25) is 0 Å². The lowest BCUT2D eigenvalue weighted by atomic mass is 10.4. The van der Waals surface area contributed by atoms with E-state index in [9.17, 15) is 4.79 Å². The topological polar surface area (TPSA) is 55.6 Å². The van der Waals surface area contributed by atoms with Gasteiger partial charge < -0.3 is 9.26 Å². The summed E-state index contributed by atoms with van der Waals surface area (Å²) in [4.78, 5) is 12.9. The molecule has 1 rings (SSSR count). The van der Waals surface area contributed by atoms with E-state index in [4.69, 9.17) is 9.26 Å². The number of nitrogens with zero attached hydrogens (tertiary/aromatic N) is 2. The first-order valence-corrected chi connectivity index (χ1v) is 4.46. The summed E-state index contributed by atoms with van der Waals surface area (Å²) in [5.74, 6) is 0.506. The molecule has 1 aromatic rings. The molecule has 0 aromatic carbocycles. The van der Waals surface area contributed by atoms with Crippen LogP contribution >= 0.6 is 0 Å². The Morgan fingerprint density at radius 3 is 3.07 bits per heavy atom. The first-order chi connectivity index (χ1) is 6.72. The average Bonchev–Trinajstić information content (AvgIpc) is 2.56. The normalized spacial score (nSPS) is 10.5. The van der Waals surface area contributed by atoms with Crippen LogP contribution in [-0.4, -0.2) is 36.2 Å². The van der Waals surface area contributed by atoms with Crippen LogP contribution in [0, 0.1) is 0 Å². The molecule has 14 heavy (non-hydrogen) atoms. The van der Waals surface area contributed by atoms with E-state index >= 15 is 0 Å². The van der Waals surface area contributed by atoms with Crippen molar-refractivity contribution in [2.45, 2.75) is 13.5 Å². The van der Waals surface area contributed by atoms with Gasteiger partial charge in [-0.3, -0.25) is 9.69 Å². The van der Waals surface area contributed by atoms with Crippen molar-refractivity contribution in [1.29, 1.82) is 0 Å². The van der Waals surface area contributed by atoms with Crippen LogP contribution < -0.4 is 0 Å². The smallest absolute Gasteiger partial charge is 0.320 e. The quantitative estimate of drug-likeness (QED) is 0.651. The minimum absolute atomic E-state index is 0.227. The molecule has 1 aromatic heterocycles. The number of likely N-dealkylation sites (N-methyl/N-ethyl adjacent to an activating group) is 1. The van der Waals surface area contributed by atoms with Gasteiger partial charge in [0, 0.05) is 6.07 Å². The summed E-state index contributed by atoms with van der Waals surface area (Å²) in [6, 6.07) is 1.77. The second-order valence-electron chi connectivity index (χ2n) is 2.96. The van der Waals surface area contributed by atoms with E-state index in [1.807, 2.05) is 7.05 Å². The van der Waals surface area contributed by atoms with E-state index in [1.54, 1.807) is 24.1 Å². The zero-order valence-corrected chi connectivity index (χ0v) is 8.40. The van der Waals surface area contributed by atoms with Crippen LogP contribution in [-0.2, 0) is 16.1 Å². The van der Waals surface area contributed by atoms with Gasteiger partial charge in [-0.1, -0.05) is 5.16 Å². The van der Waals surface area contributed by atoms with E-state index in [0.717, 1.165) is 5.76 Å². The molecule has 0 N–H and O–H groups in total. The summed E-state index contributed by atoms with van der Waals surface area (Å²) >= 11 is 0. The molecule has 0 aliphatic carbocycles. The third kappa shape index (κ3) is 3.57. The minimum Gasteiger partial charge on any atom is -0.465 e. The molecule has 78 valence electrons. The van der Waals surface area contributed by atoms with Gasteiger partial charge in [0.25, 0.3) is 0 Å². The van der Waals surface area contributed by atoms with Crippen molar-refractivity contribution >= 4 is 5.97 Å². The Morgan fingerprint density at radius 2 is 2.50 bits per heavy atom. The molecule has 0 spiro atoms. The predicted octanol–water partition coefficient (Wildman–Crippen LogP) is 0.669. The lowest BCUT2D eigenvalue weighted by molar-refractivity contribution is -0.144. The summed E-state index contributed by atoms with van der Waals surface area (Å²) < 4.78 is 9.71. The zero-order valence-electron chi connectivity index (χ0n) is 8.40. The van der Waals surface area contributed by atoms with Crippen LogP contribution in [0.3, 0.4) is 0 Å². The summed E-state index contributed by atoms with van der Waals surface area (Å²) in [7, 11) is 1.82. The fraction of sp³-hybridized carbons (Fsp3) is 0.556. The van der Waals surface area contributed by atoms with Crippen LogP contribution in [0.5, 0.6) is 0 Å². The molecular weight excluding hydrogens is 184 g/mol. The summed E-state index contributed by atoms with van der Waals surface area (Å²) in [5.41, 5.74) is 0. The average molecular weight is 198 g/mol. The predicted molar refractivity (Wildman–Crippen MR) is 49.5 cm³/mol. The number of rotatable bonds is 5. The molecule has 5 nitrogen and oxygen atoms in total. The van der Waals surface area contributed by atoms with Gasteiger partial charge in [0.05, 0.1) is 25.9 Å². The van der Waals surface area contributed by atoms with Crippen LogP contribution in [0.1, 0.15) is 12.7 Å². The summed E-state index contributed by atoms with van der Waals surface area (Å²) in [6.07, 6.45) is 1.58. The van der Waals surface area contributed by atoms with Crippen molar-refractivity contribution in [3.8, 4) is 0 Å². The second-order valence-corrected chi connectivity index (χ2v) is 2.96. The highest BCUT2D eigenvalue weighted by Gasteiger charge is 2.08. The summed E-state index contributed by atoms with van der Waals surface area (Å²) in [6.45, 7) is 3.01. The molecule has 5 heteroatoms. The Morgan fingerprint density at radius 1 is 1.71 bits per heavy atom. The third-order valence-corrected chi connectivity index (χ3v) is 1.62. The lowest BCUT2D eigenvalue weighted by Crippen LogP contribution is -2.26. The molecule has 1 heterocycles. The van der Waals surface area contributed by atoms with E-state index in [1.165, 1.54) is 0 Å². The molecule has 0 saturated heterocycles. The van der Waals surface area contributed by atoms with Gasteiger partial charge in [-0.05, 0) is 14.0 Å². The Kier molecular flexibility index (Phi) is 4.12. The molecule has 0 bridgehead atoms. The molecule has 0 aliphatic heterocycles. The fourth-order valence-corrected chi connectivity index (χ4v) is 1.07. The van der Waals surface area contributed by atoms with E-state index in [2.05, 4.69) is 5.16 Å². The Labute approximate surface area is 82.6 Å². The number of carbonyl (C=O) groups excluding carboxylic acids is 1. The Balaban J connectivity index is 2.29. The second kappa shape index (κ2) is 5.39. The third-order valence-electron chi connectivity index (χ3n) is 1.62. The van der Waals surface area contributed by atoms with Crippen molar-refractivity contribution in [1.82, 2.24) is 10.1 Å². The van der Waals surface area contributed by atoms with Crippen molar-refractivity contribution in [2.24, 2.45) is 0 Å². The van der Waals surface area contributed by atoms with Crippen LogP contribution in [0.4, 0.5) is 0 Å². The largest absolute Gasteiger partial charge is 0.465 e. The first kappa shape index (κ1) is 10.7. The molecule has 0 aliphatic rings.